The van der Waals surface area contributed by atoms with Crippen molar-refractivity contribution in [2.24, 2.45) is 5.92 Å². The van der Waals surface area contributed by atoms with E-state index in [0.717, 1.165) is 19.3 Å². The average Bonchev–Trinajstić information content (AvgIpc) is 2.97. The molecule has 1 saturated heterocycles. The number of piperidine rings is 1. The largest absolute Gasteiger partial charge is 0.353 e. The van der Waals surface area contributed by atoms with Crippen molar-refractivity contribution >= 4 is 15.9 Å². The highest BCUT2D eigenvalue weighted by Gasteiger charge is 2.31. The molecule has 2 aliphatic rings. The highest BCUT2D eigenvalue weighted by Crippen LogP contribution is 2.23. The lowest BCUT2D eigenvalue weighted by molar-refractivity contribution is -0.126. The third-order valence-corrected chi connectivity index (χ3v) is 8.09. The van der Waals surface area contributed by atoms with Gasteiger partial charge >= 0.3 is 0 Å². The van der Waals surface area contributed by atoms with Gasteiger partial charge in [-0.3, -0.25) is 4.79 Å². The number of carbonyl (C=O) groups excluding carboxylic acids is 1. The minimum Gasteiger partial charge on any atom is -0.353 e. The van der Waals surface area contributed by atoms with Gasteiger partial charge in [0.1, 0.15) is 0 Å². The number of nitrogens with one attached hydrogen (secondary N) is 1. The molecule has 0 bridgehead atoms. The Bertz CT molecular complexity index is 705. The Morgan fingerprint density at radius 2 is 1.61 bits per heavy atom. The maximum atomic E-state index is 12.6. The van der Waals surface area contributed by atoms with Gasteiger partial charge in [0.15, 0.2) is 0 Å². The van der Waals surface area contributed by atoms with Crippen LogP contribution in [-0.4, -0.2) is 43.5 Å². The number of rotatable bonds is 7. The Morgan fingerprint density at radius 3 is 2.25 bits per heavy atom. The summed E-state index contributed by atoms with van der Waals surface area (Å²) in [6, 6.07) is 10.3. The summed E-state index contributed by atoms with van der Waals surface area (Å²) >= 11 is 0. The van der Waals surface area contributed by atoms with E-state index in [1.807, 2.05) is 30.3 Å². The van der Waals surface area contributed by atoms with Gasteiger partial charge in [0.25, 0.3) is 0 Å². The number of amides is 1. The lowest BCUT2D eigenvalue weighted by atomic mass is 9.96. The van der Waals surface area contributed by atoms with Crippen molar-refractivity contribution in [3.63, 3.8) is 0 Å². The molecular weight excluding hydrogens is 372 g/mol. The van der Waals surface area contributed by atoms with Gasteiger partial charge in [0, 0.05) is 25.0 Å². The second kappa shape index (κ2) is 10.4. The van der Waals surface area contributed by atoms with Gasteiger partial charge in [-0.25, -0.2) is 12.7 Å². The van der Waals surface area contributed by atoms with Gasteiger partial charge in [-0.2, -0.15) is 0 Å². The summed E-state index contributed by atoms with van der Waals surface area (Å²) in [5.41, 5.74) is 1.17. The smallest absolute Gasteiger partial charge is 0.223 e. The molecule has 28 heavy (non-hydrogen) atoms. The fraction of sp³-hybridized carbons (Fsp3) is 0.682. The molecule has 1 heterocycles. The van der Waals surface area contributed by atoms with E-state index < -0.39 is 10.0 Å². The van der Waals surface area contributed by atoms with Crippen LogP contribution in [0.1, 0.15) is 63.4 Å². The number of aryl methyl sites for hydroxylation is 1. The van der Waals surface area contributed by atoms with Gasteiger partial charge in [-0.05, 0) is 44.1 Å². The monoisotopic (exact) mass is 406 g/mol. The predicted molar refractivity (Wildman–Crippen MR) is 112 cm³/mol. The summed E-state index contributed by atoms with van der Waals surface area (Å²) in [7, 11) is -3.23. The van der Waals surface area contributed by atoms with E-state index in [1.165, 1.54) is 31.2 Å². The number of sulfonamides is 1. The van der Waals surface area contributed by atoms with Crippen molar-refractivity contribution in [3.05, 3.63) is 35.9 Å². The third kappa shape index (κ3) is 6.31. The molecule has 6 heteroatoms. The van der Waals surface area contributed by atoms with E-state index in [9.17, 15) is 13.2 Å². The Labute approximate surface area is 169 Å². The highest BCUT2D eigenvalue weighted by molar-refractivity contribution is 7.89. The number of hydrogen-bond donors (Lipinski definition) is 1. The van der Waals surface area contributed by atoms with Crippen LogP contribution in [-0.2, 0) is 21.2 Å². The standard InChI is InChI=1S/C22H34N2O3S/c25-22(23-21-12-6-1-2-7-13-21)20-14-16-24(17-15-20)28(26,27)18-8-11-19-9-4-3-5-10-19/h3-5,9-10,20-21H,1-2,6-8,11-18H2,(H,23,25). The van der Waals surface area contributed by atoms with E-state index in [0.29, 0.717) is 38.4 Å². The third-order valence-electron chi connectivity index (χ3n) is 6.13. The Kier molecular flexibility index (Phi) is 7.91. The lowest BCUT2D eigenvalue weighted by Gasteiger charge is -2.31. The topological polar surface area (TPSA) is 66.5 Å². The summed E-state index contributed by atoms with van der Waals surface area (Å²) in [6.07, 6.45) is 9.79. The van der Waals surface area contributed by atoms with Gasteiger partial charge < -0.3 is 5.32 Å². The number of hydrogen-bond acceptors (Lipinski definition) is 3. The van der Waals surface area contributed by atoms with Crippen LogP contribution in [0.2, 0.25) is 0 Å². The zero-order valence-corrected chi connectivity index (χ0v) is 17.6. The van der Waals surface area contributed by atoms with Gasteiger partial charge in [-0.1, -0.05) is 56.0 Å². The van der Waals surface area contributed by atoms with Crippen molar-refractivity contribution < 1.29 is 13.2 Å². The molecule has 1 N–H and O–H groups in total. The second-order valence-electron chi connectivity index (χ2n) is 8.28. The molecule has 0 spiro atoms. The summed E-state index contributed by atoms with van der Waals surface area (Å²) in [5.74, 6) is 0.271. The van der Waals surface area contributed by atoms with E-state index in [1.54, 1.807) is 4.31 Å². The van der Waals surface area contributed by atoms with Crippen LogP contribution in [0.5, 0.6) is 0 Å². The second-order valence-corrected chi connectivity index (χ2v) is 10.4. The maximum absolute atomic E-state index is 12.6. The lowest BCUT2D eigenvalue weighted by Crippen LogP contribution is -2.45. The molecule has 0 radical (unpaired) electrons. The van der Waals surface area contributed by atoms with E-state index in [2.05, 4.69) is 5.32 Å². The first kappa shape index (κ1) is 21.3. The van der Waals surface area contributed by atoms with Gasteiger partial charge in [-0.15, -0.1) is 0 Å². The molecule has 5 nitrogen and oxygen atoms in total. The molecule has 1 aromatic carbocycles. The van der Waals surface area contributed by atoms with Crippen molar-refractivity contribution in [3.8, 4) is 0 Å². The van der Waals surface area contributed by atoms with Crippen LogP contribution in [0.4, 0.5) is 0 Å². The number of carbonyl (C=O) groups is 1. The normalized spacial score (nSPS) is 20.6. The summed E-state index contributed by atoms with van der Waals surface area (Å²) in [5, 5.41) is 3.23. The summed E-state index contributed by atoms with van der Waals surface area (Å²) in [4.78, 5) is 12.6. The molecule has 1 aromatic rings. The first-order chi connectivity index (χ1) is 13.5. The van der Waals surface area contributed by atoms with Crippen LogP contribution in [0, 0.1) is 5.92 Å². The minimum absolute atomic E-state index is 0.0426. The Balaban J connectivity index is 1.41. The van der Waals surface area contributed by atoms with E-state index in [-0.39, 0.29) is 17.6 Å². The molecule has 1 aliphatic carbocycles. The SMILES string of the molecule is O=C(NC1CCCCCC1)C1CCN(S(=O)(=O)CCCc2ccccc2)CC1. The Morgan fingerprint density at radius 1 is 0.964 bits per heavy atom. The van der Waals surface area contributed by atoms with Crippen molar-refractivity contribution in [2.75, 3.05) is 18.8 Å². The summed E-state index contributed by atoms with van der Waals surface area (Å²) in [6.45, 7) is 0.937. The van der Waals surface area contributed by atoms with Crippen LogP contribution < -0.4 is 5.32 Å². The molecular formula is C22H34N2O3S. The molecule has 2 fully saturated rings. The Hall–Kier alpha value is -1.40. The van der Waals surface area contributed by atoms with Crippen LogP contribution in [0.3, 0.4) is 0 Å². The molecule has 1 amide bonds. The predicted octanol–water partition coefficient (Wildman–Crippen LogP) is 3.50. The fourth-order valence-electron chi connectivity index (χ4n) is 4.37. The van der Waals surface area contributed by atoms with Crippen molar-refractivity contribution in [1.29, 1.82) is 0 Å². The zero-order valence-electron chi connectivity index (χ0n) is 16.8. The number of nitrogens with zero attached hydrogens (tertiary/aromatic N) is 1. The van der Waals surface area contributed by atoms with Crippen LogP contribution in [0.15, 0.2) is 30.3 Å². The highest BCUT2D eigenvalue weighted by atomic mass is 32.2. The molecule has 156 valence electrons. The molecule has 3 rings (SSSR count). The van der Waals surface area contributed by atoms with Crippen molar-refractivity contribution in [1.82, 2.24) is 9.62 Å². The molecule has 0 atom stereocenters. The van der Waals surface area contributed by atoms with Gasteiger partial charge in [0.2, 0.25) is 15.9 Å². The zero-order chi connectivity index (χ0) is 19.8. The van der Waals surface area contributed by atoms with Gasteiger partial charge in [0.05, 0.1) is 5.75 Å². The van der Waals surface area contributed by atoms with E-state index >= 15 is 0 Å². The molecule has 1 aliphatic heterocycles. The van der Waals surface area contributed by atoms with Crippen LogP contribution in [0.25, 0.3) is 0 Å². The minimum atomic E-state index is -3.23. The fourth-order valence-corrected chi connectivity index (χ4v) is 5.91. The first-order valence-electron chi connectivity index (χ1n) is 10.9. The van der Waals surface area contributed by atoms with Crippen LogP contribution >= 0.6 is 0 Å². The quantitative estimate of drug-likeness (QED) is 0.705. The first-order valence-corrected chi connectivity index (χ1v) is 12.5. The van der Waals surface area contributed by atoms with E-state index in [4.69, 9.17) is 0 Å². The average molecular weight is 407 g/mol. The maximum Gasteiger partial charge on any atom is 0.223 e. The summed E-state index contributed by atoms with van der Waals surface area (Å²) < 4.78 is 26.9. The van der Waals surface area contributed by atoms with Crippen molar-refractivity contribution in [2.45, 2.75) is 70.3 Å². The molecule has 0 aromatic heterocycles. The molecule has 0 unspecified atom stereocenters. The number of benzene rings is 1. The molecule has 1 saturated carbocycles.